The van der Waals surface area contributed by atoms with Crippen molar-refractivity contribution < 1.29 is 57.7 Å². The van der Waals surface area contributed by atoms with Crippen LogP contribution in [0.15, 0.2) is 60.8 Å². The van der Waals surface area contributed by atoms with Gasteiger partial charge in [-0.3, -0.25) is 33.6 Å². The summed E-state index contributed by atoms with van der Waals surface area (Å²) in [4.78, 5) is 87.2. The zero-order valence-electron chi connectivity index (χ0n) is 34.1. The first-order valence-corrected chi connectivity index (χ1v) is 19.7. The van der Waals surface area contributed by atoms with E-state index >= 15 is 4.39 Å². The Bertz CT molecular complexity index is 1980. The average Bonchev–Trinajstić information content (AvgIpc) is 3.59. The van der Waals surface area contributed by atoms with E-state index in [4.69, 9.17) is 15.9 Å². The van der Waals surface area contributed by atoms with Crippen molar-refractivity contribution in [2.75, 3.05) is 19.7 Å². The van der Waals surface area contributed by atoms with Gasteiger partial charge in [0.05, 0.1) is 24.5 Å². The first-order valence-electron chi connectivity index (χ1n) is 19.7. The molecule has 0 spiro atoms. The molecule has 3 amide bonds. The van der Waals surface area contributed by atoms with Crippen molar-refractivity contribution in [3.8, 4) is 11.1 Å². The van der Waals surface area contributed by atoms with Gasteiger partial charge in [-0.15, -0.1) is 0 Å². The lowest BCUT2D eigenvalue weighted by molar-refractivity contribution is -0.140. The molecule has 0 aliphatic rings. The zero-order valence-corrected chi connectivity index (χ0v) is 34.1. The Morgan fingerprint density at radius 1 is 0.850 bits per heavy atom. The average molecular weight is 840 g/mol. The van der Waals surface area contributed by atoms with Gasteiger partial charge in [0, 0.05) is 74.8 Å². The van der Waals surface area contributed by atoms with Crippen molar-refractivity contribution in [1.82, 2.24) is 20.1 Å². The number of carbonyl (C=O) groups is 7. The van der Waals surface area contributed by atoms with Crippen LogP contribution < -0.4 is 16.4 Å². The van der Waals surface area contributed by atoms with Crippen molar-refractivity contribution in [2.24, 2.45) is 11.1 Å². The number of rotatable bonds is 25. The number of carboxylic acids is 2. The van der Waals surface area contributed by atoms with Crippen LogP contribution in [0.5, 0.6) is 0 Å². The van der Waals surface area contributed by atoms with Crippen molar-refractivity contribution in [2.45, 2.75) is 103 Å². The van der Waals surface area contributed by atoms with Gasteiger partial charge in [0.25, 0.3) is 0 Å². The first kappa shape index (κ1) is 48.6. The molecule has 3 aromatic rings. The van der Waals surface area contributed by atoms with Gasteiger partial charge in [0.15, 0.2) is 5.78 Å². The van der Waals surface area contributed by atoms with Crippen LogP contribution in [-0.4, -0.2) is 97.8 Å². The molecule has 0 aliphatic heterocycles. The number of amides is 3. The number of nitrogens with two attached hydrogens (primary N) is 1. The number of carbonyl (C=O) groups excluding carboxylic acids is 5. The summed E-state index contributed by atoms with van der Waals surface area (Å²) in [7, 11) is 0. The molecule has 1 aromatic heterocycles. The molecule has 7 N–H and O–H groups in total. The molecule has 1 heterocycles. The molecule has 0 bridgehead atoms. The molecule has 17 heteroatoms. The van der Waals surface area contributed by atoms with Crippen LogP contribution in [-0.2, 0) is 40.1 Å². The van der Waals surface area contributed by atoms with Gasteiger partial charge in [-0.1, -0.05) is 51.1 Å². The molecule has 0 saturated heterocycles. The highest BCUT2D eigenvalue weighted by Crippen LogP contribution is 2.41. The summed E-state index contributed by atoms with van der Waals surface area (Å²) in [6, 6.07) is 11.2. The van der Waals surface area contributed by atoms with E-state index in [0.29, 0.717) is 17.8 Å². The number of aliphatic hydroxyl groups is 1. The molecule has 60 heavy (non-hydrogen) atoms. The number of hydrogen-bond donors (Lipinski definition) is 6. The summed E-state index contributed by atoms with van der Waals surface area (Å²) in [5, 5.41) is 33.1. The van der Waals surface area contributed by atoms with Crippen molar-refractivity contribution in [1.29, 1.82) is 0 Å². The number of carboxylic acid groups (broad SMARTS) is 2. The van der Waals surface area contributed by atoms with E-state index in [9.17, 15) is 43.1 Å². The molecule has 3 atom stereocenters. The van der Waals surface area contributed by atoms with Gasteiger partial charge >= 0.3 is 11.9 Å². The van der Waals surface area contributed by atoms with Gasteiger partial charge in [0.2, 0.25) is 17.7 Å². The summed E-state index contributed by atoms with van der Waals surface area (Å²) in [5.74, 6) is -6.47. The maximum atomic E-state index is 15.1. The molecule has 0 aliphatic carbocycles. The minimum absolute atomic E-state index is 0.00767. The third-order valence-corrected chi connectivity index (χ3v) is 9.77. The topological polar surface area (TPSA) is 238 Å². The minimum atomic E-state index is -1.19. The molecule has 0 fully saturated rings. The quantitative estimate of drug-likeness (QED) is 0.0663. The molecule has 326 valence electrons. The molecule has 0 radical (unpaired) electrons. The maximum absolute atomic E-state index is 15.1. The number of halogens is 2. The molecule has 2 aromatic carbocycles. The highest BCUT2D eigenvalue weighted by atomic mass is 19.1. The van der Waals surface area contributed by atoms with E-state index in [1.807, 2.05) is 55.7 Å². The summed E-state index contributed by atoms with van der Waals surface area (Å²) in [6.45, 7) is 5.03. The number of nitrogens with zero attached hydrogens (tertiary/aromatic N) is 2. The smallest absolute Gasteiger partial charge is 0.303 e. The van der Waals surface area contributed by atoms with Crippen LogP contribution in [0, 0.1) is 17.0 Å². The molecule has 0 unspecified atom stereocenters. The van der Waals surface area contributed by atoms with E-state index in [0.717, 1.165) is 23.8 Å². The lowest BCUT2D eigenvalue weighted by Crippen LogP contribution is -2.47. The maximum Gasteiger partial charge on any atom is 0.303 e. The number of aromatic nitrogens is 1. The SMILES string of the molecule is CC(C)(C)[C@H](c1cc(-c2cc(F)ccc2F)cn1Cc1ccccc1)N(CC[C@H](N)C(=O)NCCCC(=O)[C@@H](CCC(=O)O)NC(=O)CCC(=O)CCC(=O)O)C(=O)CO. The summed E-state index contributed by atoms with van der Waals surface area (Å²) in [5.41, 5.74) is 7.44. The van der Waals surface area contributed by atoms with Crippen LogP contribution in [0.4, 0.5) is 8.78 Å². The fourth-order valence-electron chi connectivity index (χ4n) is 6.76. The zero-order chi connectivity index (χ0) is 44.6. The number of hydrogen-bond acceptors (Lipinski definition) is 9. The van der Waals surface area contributed by atoms with Crippen LogP contribution >= 0.6 is 0 Å². The van der Waals surface area contributed by atoms with Gasteiger partial charge in [-0.2, -0.15) is 0 Å². The number of Topliss-reactive ketones (excluding diaryl/α,β-unsaturated/α-hetero) is 2. The van der Waals surface area contributed by atoms with E-state index < -0.39 is 89.4 Å². The Hall–Kier alpha value is -5.81. The molecular formula is C43H55F2N5O10. The van der Waals surface area contributed by atoms with Crippen molar-refractivity contribution in [3.63, 3.8) is 0 Å². The Balaban J connectivity index is 1.70. The lowest BCUT2D eigenvalue weighted by atomic mass is 9.82. The van der Waals surface area contributed by atoms with E-state index in [1.165, 1.54) is 4.90 Å². The first-order chi connectivity index (χ1) is 28.3. The van der Waals surface area contributed by atoms with Crippen LogP contribution in [0.25, 0.3) is 11.1 Å². The van der Waals surface area contributed by atoms with Gasteiger partial charge < -0.3 is 41.2 Å². The van der Waals surface area contributed by atoms with E-state index in [2.05, 4.69) is 10.6 Å². The molecule has 3 rings (SSSR count). The normalized spacial score (nSPS) is 12.8. The molecule has 0 saturated carbocycles. The Morgan fingerprint density at radius 3 is 2.15 bits per heavy atom. The summed E-state index contributed by atoms with van der Waals surface area (Å²) >= 11 is 0. The standard InChI is InChI=1S/C43H55F2N5O10/c1-43(2,3)41(35-22-28(31-23-29(44)11-14-32(31)45)25-49(35)24-27-8-5-4-6-9-27)50(38(55)26-51)21-19-33(46)42(60)47-20-7-10-36(53)34(15-18-40(58)59)48-37(54)16-12-30(52)13-17-39(56)57/h4-6,8-9,11,14,22-23,25,33-34,41,51H,7,10,12-13,15-21,24,26,46H2,1-3H3,(H,47,60)(H,48,54)(H,56,57)(H,58,59)/t33-,34+,41-/m0/s1. The highest BCUT2D eigenvalue weighted by Gasteiger charge is 2.37. The predicted octanol–water partition coefficient (Wildman–Crippen LogP) is 4.14. The highest BCUT2D eigenvalue weighted by molar-refractivity contribution is 5.91. The third-order valence-electron chi connectivity index (χ3n) is 9.77. The van der Waals surface area contributed by atoms with Gasteiger partial charge in [-0.25, -0.2) is 8.78 Å². The van der Waals surface area contributed by atoms with Crippen LogP contribution in [0.3, 0.4) is 0 Å². The molecular weight excluding hydrogens is 784 g/mol. The van der Waals surface area contributed by atoms with Crippen molar-refractivity contribution >= 4 is 41.2 Å². The number of aliphatic carboxylic acids is 2. The van der Waals surface area contributed by atoms with Gasteiger partial charge in [-0.05, 0) is 54.5 Å². The minimum Gasteiger partial charge on any atom is -0.481 e. The van der Waals surface area contributed by atoms with E-state index in [-0.39, 0.29) is 70.0 Å². The Morgan fingerprint density at radius 2 is 1.52 bits per heavy atom. The summed E-state index contributed by atoms with van der Waals surface area (Å²) in [6.07, 6.45) is -0.198. The van der Waals surface area contributed by atoms with Crippen molar-refractivity contribution in [3.05, 3.63) is 83.7 Å². The second-order valence-electron chi connectivity index (χ2n) is 15.6. The number of ketones is 2. The Kier molecular flexibility index (Phi) is 18.7. The Labute approximate surface area is 347 Å². The molecule has 15 nitrogen and oxygen atoms in total. The third kappa shape index (κ3) is 15.4. The second kappa shape index (κ2) is 23.1. The number of nitrogens with one attached hydrogen (secondary N) is 2. The second-order valence-corrected chi connectivity index (χ2v) is 15.6. The predicted molar refractivity (Wildman–Crippen MR) is 216 cm³/mol. The largest absolute Gasteiger partial charge is 0.481 e. The fraction of sp³-hybridized carbons (Fsp3) is 0.465. The number of benzene rings is 2. The van der Waals surface area contributed by atoms with Crippen LogP contribution in [0.1, 0.15) is 95.9 Å². The lowest BCUT2D eigenvalue weighted by Gasteiger charge is -2.41. The van der Waals surface area contributed by atoms with Crippen LogP contribution in [0.2, 0.25) is 0 Å². The van der Waals surface area contributed by atoms with E-state index in [1.54, 1.807) is 12.3 Å². The van der Waals surface area contributed by atoms with Gasteiger partial charge in [0.1, 0.15) is 24.0 Å². The fourth-order valence-corrected chi connectivity index (χ4v) is 6.76. The summed E-state index contributed by atoms with van der Waals surface area (Å²) < 4.78 is 31.2. The number of aliphatic hydroxyl groups excluding tert-OH is 1. The monoisotopic (exact) mass is 839 g/mol.